The molecule has 3 atom stereocenters. The summed E-state index contributed by atoms with van der Waals surface area (Å²) in [6, 6.07) is 14.6. The number of hydrogen-bond donors (Lipinski definition) is 2. The Morgan fingerprint density at radius 2 is 1.79 bits per heavy atom. The fourth-order valence-corrected chi connectivity index (χ4v) is 3.29. The second-order valence-corrected chi connectivity index (χ2v) is 7.10. The van der Waals surface area contributed by atoms with E-state index in [-0.39, 0.29) is 23.9 Å². The number of halogens is 1. The molecular formula is C22H25FN2O4. The molecule has 2 amide bonds. The number of ether oxygens (including phenoxy) is 2. The minimum atomic E-state index is -0.625. The van der Waals surface area contributed by atoms with Gasteiger partial charge in [0.25, 0.3) is 5.91 Å². The van der Waals surface area contributed by atoms with E-state index in [1.165, 1.54) is 24.3 Å². The highest BCUT2D eigenvalue weighted by atomic mass is 19.1. The standard InChI is InChI=1S/C22H25FN2O4/c1-15(28-19-7-3-2-4-8-19)21(26)24-18-6-5-9-20(14-18)29-22(27)25-17-12-10-16(23)11-13-17/h2-4,7-8,10-13,15,18,20H,5-6,9,14H2,1H3,(H,24,26)(H,25,27)/t15-,18-,20+/m1/s1. The van der Waals surface area contributed by atoms with Crippen molar-refractivity contribution in [2.45, 2.75) is 50.9 Å². The number of para-hydroxylation sites is 1. The molecule has 29 heavy (non-hydrogen) atoms. The van der Waals surface area contributed by atoms with Gasteiger partial charge < -0.3 is 14.8 Å². The number of carbonyl (C=O) groups is 2. The normalized spacial score (nSPS) is 19.7. The predicted octanol–water partition coefficient (Wildman–Crippen LogP) is 4.27. The molecule has 0 bridgehead atoms. The molecule has 0 aliphatic heterocycles. The maximum atomic E-state index is 12.9. The molecule has 1 saturated carbocycles. The van der Waals surface area contributed by atoms with E-state index in [1.54, 1.807) is 19.1 Å². The fourth-order valence-electron chi connectivity index (χ4n) is 3.29. The summed E-state index contributed by atoms with van der Waals surface area (Å²) in [4.78, 5) is 24.5. The average molecular weight is 400 g/mol. The summed E-state index contributed by atoms with van der Waals surface area (Å²) in [5.74, 6) is 0.0630. The summed E-state index contributed by atoms with van der Waals surface area (Å²) < 4.78 is 24.1. The van der Waals surface area contributed by atoms with Gasteiger partial charge in [-0.2, -0.15) is 0 Å². The van der Waals surface area contributed by atoms with Crippen LogP contribution in [0.5, 0.6) is 5.75 Å². The Labute approximate surface area is 169 Å². The van der Waals surface area contributed by atoms with Gasteiger partial charge in [-0.3, -0.25) is 10.1 Å². The van der Waals surface area contributed by atoms with Crippen molar-refractivity contribution in [3.05, 3.63) is 60.4 Å². The SMILES string of the molecule is C[C@@H](Oc1ccccc1)C(=O)N[C@@H]1CCC[C@H](OC(=O)Nc2ccc(F)cc2)C1. The van der Waals surface area contributed by atoms with Crippen LogP contribution in [-0.2, 0) is 9.53 Å². The lowest BCUT2D eigenvalue weighted by Gasteiger charge is -2.30. The molecule has 2 N–H and O–H groups in total. The van der Waals surface area contributed by atoms with Crippen LogP contribution in [0.15, 0.2) is 54.6 Å². The number of rotatable bonds is 6. The molecule has 0 unspecified atom stereocenters. The van der Waals surface area contributed by atoms with Crippen LogP contribution in [-0.4, -0.2) is 30.3 Å². The molecule has 154 valence electrons. The van der Waals surface area contributed by atoms with Crippen LogP contribution in [0.4, 0.5) is 14.9 Å². The summed E-state index contributed by atoms with van der Waals surface area (Å²) in [6.45, 7) is 1.70. The van der Waals surface area contributed by atoms with Crippen LogP contribution in [0.2, 0.25) is 0 Å². The predicted molar refractivity (Wildman–Crippen MR) is 107 cm³/mol. The Kier molecular flexibility index (Phi) is 7.05. The maximum absolute atomic E-state index is 12.9. The summed E-state index contributed by atoms with van der Waals surface area (Å²) in [5.41, 5.74) is 0.462. The molecule has 6 nitrogen and oxygen atoms in total. The third-order valence-corrected chi connectivity index (χ3v) is 4.76. The lowest BCUT2D eigenvalue weighted by molar-refractivity contribution is -0.128. The second kappa shape index (κ2) is 9.91. The van der Waals surface area contributed by atoms with Crippen molar-refractivity contribution in [2.24, 2.45) is 0 Å². The number of carbonyl (C=O) groups excluding carboxylic acids is 2. The largest absolute Gasteiger partial charge is 0.481 e. The Morgan fingerprint density at radius 1 is 1.07 bits per heavy atom. The summed E-state index contributed by atoms with van der Waals surface area (Å²) in [7, 11) is 0. The minimum absolute atomic E-state index is 0.0818. The van der Waals surface area contributed by atoms with Crippen LogP contribution in [0.1, 0.15) is 32.6 Å². The third-order valence-electron chi connectivity index (χ3n) is 4.76. The molecule has 7 heteroatoms. The van der Waals surface area contributed by atoms with Crippen molar-refractivity contribution in [3.63, 3.8) is 0 Å². The molecule has 3 rings (SSSR count). The number of benzene rings is 2. The highest BCUT2D eigenvalue weighted by molar-refractivity contribution is 5.84. The van der Waals surface area contributed by atoms with Gasteiger partial charge in [0.05, 0.1) is 0 Å². The average Bonchev–Trinajstić information content (AvgIpc) is 2.70. The Balaban J connectivity index is 1.45. The van der Waals surface area contributed by atoms with Crippen LogP contribution in [0.25, 0.3) is 0 Å². The van der Waals surface area contributed by atoms with E-state index in [2.05, 4.69) is 10.6 Å². The topological polar surface area (TPSA) is 76.7 Å². The molecule has 0 heterocycles. The van der Waals surface area contributed by atoms with Gasteiger partial charge in [0, 0.05) is 18.2 Å². The van der Waals surface area contributed by atoms with Gasteiger partial charge >= 0.3 is 6.09 Å². The Bertz CT molecular complexity index is 813. The van der Waals surface area contributed by atoms with Crippen LogP contribution in [0, 0.1) is 5.82 Å². The monoisotopic (exact) mass is 400 g/mol. The first kappa shape index (κ1) is 20.6. The summed E-state index contributed by atoms with van der Waals surface area (Å²) in [5, 5.41) is 5.56. The molecule has 0 spiro atoms. The Morgan fingerprint density at radius 3 is 2.52 bits per heavy atom. The number of hydrogen-bond acceptors (Lipinski definition) is 4. The van der Waals surface area contributed by atoms with E-state index in [9.17, 15) is 14.0 Å². The third kappa shape index (κ3) is 6.48. The van der Waals surface area contributed by atoms with Crippen molar-refractivity contribution in [2.75, 3.05) is 5.32 Å². The number of amides is 2. The van der Waals surface area contributed by atoms with E-state index < -0.39 is 12.2 Å². The fraction of sp³-hybridized carbons (Fsp3) is 0.364. The van der Waals surface area contributed by atoms with E-state index >= 15 is 0 Å². The van der Waals surface area contributed by atoms with E-state index in [1.807, 2.05) is 18.2 Å². The quantitative estimate of drug-likeness (QED) is 0.759. The van der Waals surface area contributed by atoms with Crippen LogP contribution in [0.3, 0.4) is 0 Å². The van der Waals surface area contributed by atoms with Crippen LogP contribution >= 0.6 is 0 Å². The van der Waals surface area contributed by atoms with Gasteiger partial charge in [-0.05, 0) is 62.6 Å². The zero-order valence-corrected chi connectivity index (χ0v) is 16.3. The summed E-state index contributed by atoms with van der Waals surface area (Å²) in [6.07, 6.45) is 1.44. The maximum Gasteiger partial charge on any atom is 0.411 e. The molecular weight excluding hydrogens is 375 g/mol. The minimum Gasteiger partial charge on any atom is -0.481 e. The molecule has 1 aliphatic carbocycles. The molecule has 0 radical (unpaired) electrons. The lowest BCUT2D eigenvalue weighted by Crippen LogP contribution is -2.46. The molecule has 0 saturated heterocycles. The summed E-state index contributed by atoms with van der Waals surface area (Å²) >= 11 is 0. The highest BCUT2D eigenvalue weighted by Gasteiger charge is 2.27. The zero-order valence-electron chi connectivity index (χ0n) is 16.3. The first-order chi connectivity index (χ1) is 14.0. The van der Waals surface area contributed by atoms with Crippen molar-refractivity contribution >= 4 is 17.7 Å². The van der Waals surface area contributed by atoms with E-state index in [0.717, 1.165) is 19.3 Å². The van der Waals surface area contributed by atoms with Gasteiger partial charge in [0.15, 0.2) is 6.10 Å². The molecule has 2 aromatic carbocycles. The Hall–Kier alpha value is -3.09. The van der Waals surface area contributed by atoms with Crippen LogP contribution < -0.4 is 15.4 Å². The van der Waals surface area contributed by atoms with Gasteiger partial charge in [-0.1, -0.05) is 18.2 Å². The molecule has 0 aromatic heterocycles. The first-order valence-electron chi connectivity index (χ1n) is 9.75. The van der Waals surface area contributed by atoms with E-state index in [4.69, 9.17) is 9.47 Å². The number of nitrogens with one attached hydrogen (secondary N) is 2. The molecule has 1 fully saturated rings. The van der Waals surface area contributed by atoms with Gasteiger partial charge in [-0.25, -0.2) is 9.18 Å². The zero-order chi connectivity index (χ0) is 20.6. The highest BCUT2D eigenvalue weighted by Crippen LogP contribution is 2.22. The number of anilines is 1. The van der Waals surface area contributed by atoms with Crippen molar-refractivity contribution in [3.8, 4) is 5.75 Å². The smallest absolute Gasteiger partial charge is 0.411 e. The van der Waals surface area contributed by atoms with E-state index in [0.29, 0.717) is 17.9 Å². The molecule has 1 aliphatic rings. The van der Waals surface area contributed by atoms with Crippen molar-refractivity contribution in [1.82, 2.24) is 5.32 Å². The van der Waals surface area contributed by atoms with Gasteiger partial charge in [-0.15, -0.1) is 0 Å². The van der Waals surface area contributed by atoms with Crippen molar-refractivity contribution in [1.29, 1.82) is 0 Å². The molecule has 2 aromatic rings. The lowest BCUT2D eigenvalue weighted by atomic mass is 9.92. The first-order valence-corrected chi connectivity index (χ1v) is 9.75. The van der Waals surface area contributed by atoms with Gasteiger partial charge in [0.1, 0.15) is 17.7 Å². The second-order valence-electron chi connectivity index (χ2n) is 7.10. The van der Waals surface area contributed by atoms with Crippen molar-refractivity contribution < 1.29 is 23.5 Å². The van der Waals surface area contributed by atoms with Gasteiger partial charge in [0.2, 0.25) is 0 Å².